The third-order valence-corrected chi connectivity index (χ3v) is 12.4. The van der Waals surface area contributed by atoms with Crippen molar-refractivity contribution in [1.29, 1.82) is 0 Å². The number of hydrogen-bond donors (Lipinski definition) is 3. The lowest BCUT2D eigenvalue weighted by atomic mass is 10.00. The van der Waals surface area contributed by atoms with Gasteiger partial charge in [-0.25, -0.2) is 13.4 Å². The van der Waals surface area contributed by atoms with Gasteiger partial charge < -0.3 is 30.1 Å². The van der Waals surface area contributed by atoms with Crippen LogP contribution >= 0.6 is 15.9 Å². The number of benzene rings is 2. The number of rotatable bonds is 11. The van der Waals surface area contributed by atoms with Crippen LogP contribution in [0.25, 0.3) is 0 Å². The zero-order valence-electron chi connectivity index (χ0n) is 28.1. The van der Waals surface area contributed by atoms with Gasteiger partial charge in [0.1, 0.15) is 11.6 Å². The van der Waals surface area contributed by atoms with Gasteiger partial charge in [0, 0.05) is 75.8 Å². The number of carbonyl (C=O) groups excluding carboxylic acids is 1. The van der Waals surface area contributed by atoms with Crippen molar-refractivity contribution in [3.8, 4) is 5.75 Å². The number of carbonyl (C=O) groups is 1. The first-order valence-corrected chi connectivity index (χ1v) is 19.3. The molecule has 4 heterocycles. The first-order chi connectivity index (χ1) is 23.6. The monoisotopic (exact) mass is 750 g/mol. The quantitative estimate of drug-likeness (QED) is 0.220. The van der Waals surface area contributed by atoms with E-state index in [4.69, 9.17) is 9.72 Å². The number of ether oxygens (including phenoxy) is 1. The summed E-state index contributed by atoms with van der Waals surface area (Å²) in [5.41, 5.74) is 5.60. The Morgan fingerprint density at radius 2 is 1.80 bits per heavy atom. The minimum Gasteiger partial charge on any atom is -0.494 e. The Hall–Kier alpha value is -4.04. The van der Waals surface area contributed by atoms with Gasteiger partial charge in [-0.15, -0.1) is 0 Å². The van der Waals surface area contributed by atoms with Crippen LogP contribution in [0.15, 0.2) is 58.8 Å². The predicted octanol–water partition coefficient (Wildman–Crippen LogP) is 5.85. The van der Waals surface area contributed by atoms with Gasteiger partial charge in [0.15, 0.2) is 0 Å². The Labute approximate surface area is 296 Å². The number of methoxy groups -OCH3 is 1. The van der Waals surface area contributed by atoms with Gasteiger partial charge in [-0.3, -0.25) is 9.52 Å². The summed E-state index contributed by atoms with van der Waals surface area (Å²) < 4.78 is 34.5. The van der Waals surface area contributed by atoms with Crippen LogP contribution < -0.4 is 25.0 Å². The number of para-hydroxylation sites is 2. The summed E-state index contributed by atoms with van der Waals surface area (Å²) in [7, 11) is -1.76. The van der Waals surface area contributed by atoms with Gasteiger partial charge in [0.05, 0.1) is 33.9 Å². The first kappa shape index (κ1) is 33.5. The van der Waals surface area contributed by atoms with Crippen LogP contribution in [0.3, 0.4) is 0 Å². The highest BCUT2D eigenvalue weighted by atomic mass is 79.9. The Morgan fingerprint density at radius 3 is 2.47 bits per heavy atom. The average Bonchev–Trinajstić information content (AvgIpc) is 3.78. The molecule has 4 aliphatic rings. The van der Waals surface area contributed by atoms with Crippen LogP contribution in [0.1, 0.15) is 45.1 Å². The van der Waals surface area contributed by atoms with E-state index in [1.165, 1.54) is 16.8 Å². The van der Waals surface area contributed by atoms with Gasteiger partial charge in [0.25, 0.3) is 0 Å². The molecule has 0 bridgehead atoms. The van der Waals surface area contributed by atoms with E-state index in [2.05, 4.69) is 71.3 Å². The molecule has 2 aromatic carbocycles. The molecule has 1 unspecified atom stereocenters. The number of aromatic nitrogens is 2. The lowest BCUT2D eigenvalue weighted by Gasteiger charge is -2.39. The summed E-state index contributed by atoms with van der Waals surface area (Å²) in [5, 5.41) is 6.29. The van der Waals surface area contributed by atoms with Crippen molar-refractivity contribution < 1.29 is 17.9 Å². The van der Waals surface area contributed by atoms with E-state index in [1.807, 2.05) is 11.0 Å². The Morgan fingerprint density at radius 1 is 1.04 bits per heavy atom. The third-order valence-electron chi connectivity index (χ3n) is 9.99. The van der Waals surface area contributed by atoms with E-state index in [-0.39, 0.29) is 11.2 Å². The average molecular weight is 752 g/mol. The number of sulfonamides is 1. The SMILES string of the molecule is CCc1cc(Nc2ncc(Br)c(Nc3ccccc3NS(=O)(=O)C3CC3)n2)c(OC)cc1N1CCC(N2C=C3CN(C(C)=O)CC3C2)CC1. The molecule has 3 aliphatic heterocycles. The number of nitrogens with one attached hydrogen (secondary N) is 3. The number of amides is 1. The number of fused-ring (bicyclic) bond motifs is 1. The molecule has 3 fully saturated rings. The summed E-state index contributed by atoms with van der Waals surface area (Å²) in [6.45, 7) is 8.37. The van der Waals surface area contributed by atoms with Crippen LogP contribution in [0.4, 0.5) is 34.5 Å². The van der Waals surface area contributed by atoms with Crippen LogP contribution in [-0.2, 0) is 21.2 Å². The van der Waals surface area contributed by atoms with E-state index in [9.17, 15) is 13.2 Å². The Bertz CT molecular complexity index is 1880. The molecule has 0 radical (unpaired) electrons. The summed E-state index contributed by atoms with van der Waals surface area (Å²) in [6.07, 6.45) is 8.35. The zero-order chi connectivity index (χ0) is 34.3. The molecular weight excluding hydrogens is 708 g/mol. The molecule has 1 atom stereocenters. The topological polar surface area (TPSA) is 132 Å². The van der Waals surface area contributed by atoms with Gasteiger partial charge in [0.2, 0.25) is 21.9 Å². The summed E-state index contributed by atoms with van der Waals surface area (Å²) in [6, 6.07) is 11.9. The molecule has 3 aromatic rings. The van der Waals surface area contributed by atoms with Crippen molar-refractivity contribution in [2.75, 3.05) is 60.1 Å². The lowest BCUT2D eigenvalue weighted by Crippen LogP contribution is -2.43. The zero-order valence-corrected chi connectivity index (χ0v) is 30.5. The number of nitrogens with zero attached hydrogens (tertiary/aromatic N) is 5. The molecule has 14 heteroatoms. The highest BCUT2D eigenvalue weighted by molar-refractivity contribution is 9.10. The Balaban J connectivity index is 1.04. The van der Waals surface area contributed by atoms with E-state index in [0.717, 1.165) is 57.7 Å². The smallest absolute Gasteiger partial charge is 0.235 e. The number of piperidine rings is 1. The number of aryl methyl sites for hydroxylation is 1. The van der Waals surface area contributed by atoms with E-state index < -0.39 is 10.0 Å². The molecule has 1 aliphatic carbocycles. The molecule has 1 saturated carbocycles. The Kier molecular flexibility index (Phi) is 9.35. The molecular formula is C35H43BrN8O4S. The van der Waals surface area contributed by atoms with Crippen molar-refractivity contribution in [3.05, 3.63) is 64.4 Å². The summed E-state index contributed by atoms with van der Waals surface area (Å²) >= 11 is 3.54. The second kappa shape index (κ2) is 13.7. The van der Waals surface area contributed by atoms with E-state index in [0.29, 0.717) is 58.2 Å². The van der Waals surface area contributed by atoms with Crippen LogP contribution in [0.2, 0.25) is 0 Å². The highest BCUT2D eigenvalue weighted by Gasteiger charge is 2.38. The fourth-order valence-electron chi connectivity index (χ4n) is 7.09. The molecule has 3 N–H and O–H groups in total. The maximum Gasteiger partial charge on any atom is 0.235 e. The number of anilines is 6. The van der Waals surface area contributed by atoms with Crippen LogP contribution in [0, 0.1) is 5.92 Å². The van der Waals surface area contributed by atoms with Gasteiger partial charge in [-0.2, -0.15) is 4.98 Å². The van der Waals surface area contributed by atoms with Gasteiger partial charge in [-0.05, 0) is 77.4 Å². The molecule has 1 amide bonds. The normalized spacial score (nSPS) is 19.5. The lowest BCUT2D eigenvalue weighted by molar-refractivity contribution is -0.127. The van der Waals surface area contributed by atoms with Crippen molar-refractivity contribution in [3.63, 3.8) is 0 Å². The fourth-order valence-corrected chi connectivity index (χ4v) is 8.79. The minimum absolute atomic E-state index is 0.166. The predicted molar refractivity (Wildman–Crippen MR) is 196 cm³/mol. The van der Waals surface area contributed by atoms with Crippen molar-refractivity contribution >= 4 is 66.4 Å². The maximum atomic E-state index is 12.6. The first-order valence-electron chi connectivity index (χ1n) is 17.0. The maximum absolute atomic E-state index is 12.6. The van der Waals surface area contributed by atoms with E-state index in [1.54, 1.807) is 38.4 Å². The minimum atomic E-state index is -3.43. The molecule has 0 spiro atoms. The molecule has 260 valence electrons. The van der Waals surface area contributed by atoms with Crippen molar-refractivity contribution in [2.24, 2.45) is 5.92 Å². The van der Waals surface area contributed by atoms with E-state index >= 15 is 0 Å². The molecule has 1 aromatic heterocycles. The van der Waals surface area contributed by atoms with Crippen molar-refractivity contribution in [2.45, 2.75) is 57.2 Å². The van der Waals surface area contributed by atoms with Gasteiger partial charge >= 0.3 is 0 Å². The standard InChI is InChI=1S/C35H43BrN8O4S/c1-4-23-15-31(39-35-37-17-28(36)34(40-35)38-29-7-5-6-8-30(29)41-49(46,47)27-9-10-27)33(48-3)16-32(23)42-13-11-26(12-14-42)44-20-24-18-43(22(2)45)19-25(24)21-44/h5-8,15-17,20,25-27,41H,4,9-14,18-19,21H2,1-3H3,(H2,37,38,39,40). The van der Waals surface area contributed by atoms with Crippen LogP contribution in [-0.4, -0.2) is 85.2 Å². The number of hydrogen-bond acceptors (Lipinski definition) is 10. The fraction of sp³-hybridized carbons (Fsp3) is 0.457. The number of halogens is 1. The highest BCUT2D eigenvalue weighted by Crippen LogP contribution is 2.39. The second-order valence-corrected chi connectivity index (χ2v) is 16.1. The molecule has 7 rings (SSSR count). The second-order valence-electron chi connectivity index (χ2n) is 13.3. The molecule has 2 saturated heterocycles. The number of likely N-dealkylation sites (tertiary alicyclic amines) is 1. The van der Waals surface area contributed by atoms with Gasteiger partial charge in [-0.1, -0.05) is 19.1 Å². The van der Waals surface area contributed by atoms with Crippen LogP contribution in [0.5, 0.6) is 5.75 Å². The largest absolute Gasteiger partial charge is 0.494 e. The third kappa shape index (κ3) is 7.16. The summed E-state index contributed by atoms with van der Waals surface area (Å²) in [5.74, 6) is 2.19. The van der Waals surface area contributed by atoms with Crippen molar-refractivity contribution in [1.82, 2.24) is 19.8 Å². The summed E-state index contributed by atoms with van der Waals surface area (Å²) in [4.78, 5) is 28.0. The molecule has 49 heavy (non-hydrogen) atoms. The molecule has 12 nitrogen and oxygen atoms in total.